The molecule has 5 nitrogen and oxygen atoms in total. The summed E-state index contributed by atoms with van der Waals surface area (Å²) in [6.45, 7) is 1.78. The Hall–Kier alpha value is -1.12. The molecule has 0 radical (unpaired) electrons. The molecule has 0 saturated carbocycles. The molecule has 1 aromatic heterocycles. The number of anilines is 2. The van der Waals surface area contributed by atoms with Gasteiger partial charge in [0.05, 0.1) is 5.69 Å². The van der Waals surface area contributed by atoms with Crippen LogP contribution in [0.1, 0.15) is 5.69 Å². The van der Waals surface area contributed by atoms with E-state index in [9.17, 15) is 8.42 Å². The van der Waals surface area contributed by atoms with Gasteiger partial charge in [0.25, 0.3) is 10.0 Å². The highest BCUT2D eigenvalue weighted by Gasteiger charge is 2.22. The fraction of sp³-hybridized carbons (Fsp3) is 0.0833. The van der Waals surface area contributed by atoms with Crippen molar-refractivity contribution in [2.75, 3.05) is 10.5 Å². The van der Waals surface area contributed by atoms with Gasteiger partial charge in [-0.2, -0.15) is 0 Å². The number of halogens is 2. The second-order valence-electron chi connectivity index (χ2n) is 4.08. The van der Waals surface area contributed by atoms with E-state index in [1.54, 1.807) is 31.2 Å². The van der Waals surface area contributed by atoms with Crippen LogP contribution in [0.4, 0.5) is 11.5 Å². The monoisotopic (exact) mass is 419 g/mol. The van der Waals surface area contributed by atoms with Crippen LogP contribution < -0.4 is 10.5 Å². The van der Waals surface area contributed by atoms with Gasteiger partial charge in [0.2, 0.25) is 0 Å². The first-order valence-corrected chi connectivity index (χ1v) is 8.57. The maximum atomic E-state index is 12.4. The van der Waals surface area contributed by atoms with E-state index in [1.165, 1.54) is 6.07 Å². The molecule has 0 spiro atoms. The highest BCUT2D eigenvalue weighted by molar-refractivity contribution is 9.11. The Balaban J connectivity index is 2.46. The average Bonchev–Trinajstić information content (AvgIpc) is 2.25. The number of hydrogen-bond acceptors (Lipinski definition) is 4. The Labute approximate surface area is 133 Å². The number of sulfonamides is 1. The first-order chi connectivity index (χ1) is 9.29. The van der Waals surface area contributed by atoms with Crippen LogP contribution in [0.2, 0.25) is 0 Å². The molecule has 2 aromatic rings. The van der Waals surface area contributed by atoms with Crippen LogP contribution in [0.25, 0.3) is 0 Å². The van der Waals surface area contributed by atoms with Gasteiger partial charge < -0.3 is 5.73 Å². The van der Waals surface area contributed by atoms with Crippen LogP contribution >= 0.6 is 31.9 Å². The zero-order valence-electron chi connectivity index (χ0n) is 10.4. The van der Waals surface area contributed by atoms with Crippen molar-refractivity contribution >= 4 is 53.4 Å². The molecule has 20 heavy (non-hydrogen) atoms. The summed E-state index contributed by atoms with van der Waals surface area (Å²) >= 11 is 6.46. The molecule has 2 rings (SSSR count). The number of pyridine rings is 1. The molecule has 1 heterocycles. The Morgan fingerprint density at radius 1 is 1.25 bits per heavy atom. The molecule has 106 valence electrons. The van der Waals surface area contributed by atoms with Gasteiger partial charge in [-0.1, -0.05) is 22.0 Å². The lowest BCUT2D eigenvalue weighted by Gasteiger charge is -2.12. The second kappa shape index (κ2) is 5.71. The summed E-state index contributed by atoms with van der Waals surface area (Å²) in [4.78, 5) is 4.09. The average molecular weight is 421 g/mol. The van der Waals surface area contributed by atoms with E-state index in [0.29, 0.717) is 14.6 Å². The van der Waals surface area contributed by atoms with Crippen molar-refractivity contribution in [3.05, 3.63) is 45.0 Å². The Bertz CT molecular complexity index is 740. The molecule has 0 atom stereocenters. The lowest BCUT2D eigenvalue weighted by atomic mass is 10.3. The number of hydrogen-bond donors (Lipinski definition) is 2. The van der Waals surface area contributed by atoms with Crippen LogP contribution in [0.15, 0.2) is 44.2 Å². The highest BCUT2D eigenvalue weighted by Crippen LogP contribution is 2.32. The molecule has 3 N–H and O–H groups in total. The second-order valence-corrected chi connectivity index (χ2v) is 7.46. The third-order valence-electron chi connectivity index (χ3n) is 2.43. The molecule has 0 aliphatic rings. The molecule has 0 saturated heterocycles. The Morgan fingerprint density at radius 2 is 1.95 bits per heavy atom. The molecule has 0 unspecified atom stereocenters. The number of nitrogens with two attached hydrogens (primary N) is 1. The smallest absolute Gasteiger partial charge is 0.266 e. The summed E-state index contributed by atoms with van der Waals surface area (Å²) in [5.41, 5.74) is 6.65. The van der Waals surface area contributed by atoms with Crippen LogP contribution in [0.5, 0.6) is 0 Å². The summed E-state index contributed by atoms with van der Waals surface area (Å²) in [6.07, 6.45) is 0. The summed E-state index contributed by atoms with van der Waals surface area (Å²) in [5, 5.41) is 0. The Kier molecular flexibility index (Phi) is 4.36. The van der Waals surface area contributed by atoms with E-state index in [1.807, 2.05) is 0 Å². The fourth-order valence-corrected chi connectivity index (χ4v) is 4.73. The molecule has 0 aliphatic carbocycles. The van der Waals surface area contributed by atoms with Crippen molar-refractivity contribution in [3.8, 4) is 0 Å². The third kappa shape index (κ3) is 3.31. The molecule has 0 fully saturated rings. The minimum atomic E-state index is -3.81. The van der Waals surface area contributed by atoms with Gasteiger partial charge in [0.1, 0.15) is 10.7 Å². The summed E-state index contributed by atoms with van der Waals surface area (Å²) in [7, 11) is -3.81. The maximum Gasteiger partial charge on any atom is 0.266 e. The lowest BCUT2D eigenvalue weighted by molar-refractivity contribution is 0.601. The van der Waals surface area contributed by atoms with Gasteiger partial charge in [-0.05, 0) is 47.1 Å². The van der Waals surface area contributed by atoms with E-state index >= 15 is 0 Å². The SMILES string of the molecule is Cc1cccc(NS(=O)(=O)c2c(N)cc(Br)cc2Br)n1. The fourth-order valence-electron chi connectivity index (χ4n) is 1.65. The van der Waals surface area contributed by atoms with Crippen molar-refractivity contribution in [2.24, 2.45) is 0 Å². The molecular weight excluding hydrogens is 410 g/mol. The number of nitrogen functional groups attached to an aromatic ring is 1. The molecule has 8 heteroatoms. The largest absolute Gasteiger partial charge is 0.398 e. The first-order valence-electron chi connectivity index (χ1n) is 5.50. The molecule has 0 bridgehead atoms. The Morgan fingerprint density at radius 3 is 2.55 bits per heavy atom. The van der Waals surface area contributed by atoms with Crippen molar-refractivity contribution in [3.63, 3.8) is 0 Å². The molecule has 0 amide bonds. The summed E-state index contributed by atoms with van der Waals surface area (Å²) < 4.78 is 28.3. The van der Waals surface area contributed by atoms with Gasteiger partial charge >= 0.3 is 0 Å². The van der Waals surface area contributed by atoms with Crippen molar-refractivity contribution in [1.29, 1.82) is 0 Å². The number of aromatic nitrogens is 1. The molecule has 0 aliphatic heterocycles. The van der Waals surface area contributed by atoms with Crippen molar-refractivity contribution < 1.29 is 8.42 Å². The standard InChI is InChI=1S/C12H11Br2N3O2S/c1-7-3-2-4-11(16-7)17-20(18,19)12-9(14)5-8(13)6-10(12)15/h2-6H,15H2,1H3,(H,16,17). The van der Waals surface area contributed by atoms with E-state index < -0.39 is 10.0 Å². The normalized spacial score (nSPS) is 11.3. The van der Waals surface area contributed by atoms with E-state index in [4.69, 9.17) is 5.73 Å². The van der Waals surface area contributed by atoms with E-state index in [2.05, 4.69) is 41.6 Å². The molecular formula is C12H11Br2N3O2S. The van der Waals surface area contributed by atoms with Gasteiger partial charge in [0.15, 0.2) is 0 Å². The van der Waals surface area contributed by atoms with Gasteiger partial charge in [0, 0.05) is 14.6 Å². The minimum Gasteiger partial charge on any atom is -0.398 e. The number of benzene rings is 1. The topological polar surface area (TPSA) is 85.1 Å². The zero-order chi connectivity index (χ0) is 14.9. The van der Waals surface area contributed by atoms with Crippen molar-refractivity contribution in [2.45, 2.75) is 11.8 Å². The van der Waals surface area contributed by atoms with Crippen LogP contribution in [0, 0.1) is 6.92 Å². The van der Waals surface area contributed by atoms with E-state index in [-0.39, 0.29) is 16.4 Å². The zero-order valence-corrected chi connectivity index (χ0v) is 14.4. The summed E-state index contributed by atoms with van der Waals surface area (Å²) in [6, 6.07) is 8.23. The maximum absolute atomic E-state index is 12.4. The van der Waals surface area contributed by atoms with Crippen LogP contribution in [-0.2, 0) is 10.0 Å². The summed E-state index contributed by atoms with van der Waals surface area (Å²) in [5.74, 6) is 0.249. The number of rotatable bonds is 3. The van der Waals surface area contributed by atoms with Crippen LogP contribution in [0.3, 0.4) is 0 Å². The first kappa shape index (κ1) is 15.3. The predicted molar refractivity (Wildman–Crippen MR) is 86.0 cm³/mol. The van der Waals surface area contributed by atoms with E-state index in [0.717, 1.165) is 0 Å². The molecule has 1 aromatic carbocycles. The van der Waals surface area contributed by atoms with Gasteiger partial charge in [-0.25, -0.2) is 13.4 Å². The lowest BCUT2D eigenvalue weighted by Crippen LogP contribution is -2.16. The highest BCUT2D eigenvalue weighted by atomic mass is 79.9. The van der Waals surface area contributed by atoms with Gasteiger partial charge in [-0.15, -0.1) is 0 Å². The van der Waals surface area contributed by atoms with Crippen molar-refractivity contribution in [1.82, 2.24) is 4.98 Å². The number of aryl methyl sites for hydroxylation is 1. The minimum absolute atomic E-state index is 0.0102. The number of nitrogens with zero attached hydrogens (tertiary/aromatic N) is 1. The predicted octanol–water partition coefficient (Wildman–Crippen LogP) is 3.30. The van der Waals surface area contributed by atoms with Gasteiger partial charge in [-0.3, -0.25) is 4.72 Å². The quantitative estimate of drug-likeness (QED) is 0.746. The van der Waals surface area contributed by atoms with Crippen LogP contribution in [-0.4, -0.2) is 13.4 Å². The number of nitrogens with one attached hydrogen (secondary N) is 1. The third-order valence-corrected chi connectivity index (χ3v) is 5.25.